The Hall–Kier alpha value is -1.41. The van der Waals surface area contributed by atoms with Gasteiger partial charge in [0, 0.05) is 6.61 Å². The molecule has 0 spiro atoms. The van der Waals surface area contributed by atoms with Gasteiger partial charge in [-0.25, -0.2) is 4.68 Å². The lowest BCUT2D eigenvalue weighted by molar-refractivity contribution is 0.135. The zero-order valence-electron chi connectivity index (χ0n) is 10.2. The number of hydrogen-bond donors (Lipinski definition) is 0. The number of nitrogens with zero attached hydrogens (tertiary/aromatic N) is 4. The van der Waals surface area contributed by atoms with Gasteiger partial charge in [0.05, 0.1) is 37.0 Å². The Morgan fingerprint density at radius 1 is 1.53 bits per heavy atom. The van der Waals surface area contributed by atoms with Crippen LogP contribution >= 0.6 is 0 Å². The maximum atomic E-state index is 8.77. The second-order valence-corrected chi connectivity index (χ2v) is 4.39. The van der Waals surface area contributed by atoms with E-state index in [4.69, 9.17) is 10.00 Å². The van der Waals surface area contributed by atoms with Crippen molar-refractivity contribution in [2.24, 2.45) is 5.92 Å². The van der Waals surface area contributed by atoms with Gasteiger partial charge in [0.1, 0.15) is 0 Å². The maximum Gasteiger partial charge on any atom is 0.0999 e. The summed E-state index contributed by atoms with van der Waals surface area (Å²) in [4.78, 5) is 0. The molecule has 1 fully saturated rings. The van der Waals surface area contributed by atoms with Crippen LogP contribution in [0.4, 0.5) is 0 Å². The van der Waals surface area contributed by atoms with Crippen LogP contribution in [0.3, 0.4) is 0 Å². The SMILES string of the molecule is CCOCCn1nnc(CC#N)c1CC1CC1. The van der Waals surface area contributed by atoms with Crippen LogP contribution in [-0.4, -0.2) is 28.2 Å². The third-order valence-electron chi connectivity index (χ3n) is 3.00. The van der Waals surface area contributed by atoms with Crippen molar-refractivity contribution < 1.29 is 4.74 Å². The third kappa shape index (κ3) is 3.27. The molecule has 5 heteroatoms. The average molecular weight is 234 g/mol. The van der Waals surface area contributed by atoms with Crippen molar-refractivity contribution in [1.82, 2.24) is 15.0 Å². The van der Waals surface area contributed by atoms with E-state index in [1.807, 2.05) is 11.6 Å². The molecule has 0 aromatic carbocycles. The van der Waals surface area contributed by atoms with Gasteiger partial charge >= 0.3 is 0 Å². The van der Waals surface area contributed by atoms with E-state index >= 15 is 0 Å². The molecule has 0 saturated heterocycles. The highest BCUT2D eigenvalue weighted by Gasteiger charge is 2.25. The maximum absolute atomic E-state index is 8.77. The first-order valence-corrected chi connectivity index (χ1v) is 6.21. The lowest BCUT2D eigenvalue weighted by atomic mass is 10.1. The minimum absolute atomic E-state index is 0.358. The Morgan fingerprint density at radius 2 is 2.35 bits per heavy atom. The van der Waals surface area contributed by atoms with E-state index in [1.54, 1.807) is 0 Å². The first kappa shape index (κ1) is 12.1. The van der Waals surface area contributed by atoms with E-state index in [1.165, 1.54) is 12.8 Å². The van der Waals surface area contributed by atoms with Crippen molar-refractivity contribution in [2.75, 3.05) is 13.2 Å². The van der Waals surface area contributed by atoms with Crippen molar-refractivity contribution in [3.63, 3.8) is 0 Å². The summed E-state index contributed by atoms with van der Waals surface area (Å²) in [7, 11) is 0. The summed E-state index contributed by atoms with van der Waals surface area (Å²) in [6.45, 7) is 4.09. The first-order chi connectivity index (χ1) is 8.35. The summed E-state index contributed by atoms with van der Waals surface area (Å²) in [5.41, 5.74) is 1.98. The Labute approximate surface area is 101 Å². The van der Waals surface area contributed by atoms with Gasteiger partial charge in [-0.1, -0.05) is 5.21 Å². The lowest BCUT2D eigenvalue weighted by Gasteiger charge is -2.06. The fourth-order valence-electron chi connectivity index (χ4n) is 1.87. The zero-order valence-corrected chi connectivity index (χ0v) is 10.2. The van der Waals surface area contributed by atoms with Gasteiger partial charge in [-0.15, -0.1) is 5.10 Å². The Bertz CT molecular complexity index is 403. The molecule has 0 N–H and O–H groups in total. The molecule has 2 rings (SSSR count). The minimum atomic E-state index is 0.358. The Kier molecular flexibility index (Phi) is 4.10. The second-order valence-electron chi connectivity index (χ2n) is 4.39. The number of hydrogen-bond acceptors (Lipinski definition) is 4. The van der Waals surface area contributed by atoms with E-state index in [2.05, 4.69) is 16.4 Å². The van der Waals surface area contributed by atoms with Gasteiger partial charge in [0.25, 0.3) is 0 Å². The summed E-state index contributed by atoms with van der Waals surface area (Å²) >= 11 is 0. The van der Waals surface area contributed by atoms with E-state index in [0.717, 1.165) is 36.9 Å². The molecule has 5 nitrogen and oxygen atoms in total. The largest absolute Gasteiger partial charge is 0.380 e. The highest BCUT2D eigenvalue weighted by molar-refractivity contribution is 5.16. The van der Waals surface area contributed by atoms with Gasteiger partial charge in [-0.3, -0.25) is 0 Å². The highest BCUT2D eigenvalue weighted by Crippen LogP contribution is 2.33. The molecule has 1 aromatic heterocycles. The smallest absolute Gasteiger partial charge is 0.0999 e. The van der Waals surface area contributed by atoms with Crippen LogP contribution in [0, 0.1) is 17.2 Å². The van der Waals surface area contributed by atoms with E-state index in [9.17, 15) is 0 Å². The number of rotatable bonds is 7. The van der Waals surface area contributed by atoms with Crippen LogP contribution < -0.4 is 0 Å². The molecular weight excluding hydrogens is 216 g/mol. The van der Waals surface area contributed by atoms with Crippen LogP contribution in [0.25, 0.3) is 0 Å². The Balaban J connectivity index is 2.04. The molecule has 1 aromatic rings. The van der Waals surface area contributed by atoms with Crippen molar-refractivity contribution in [3.8, 4) is 6.07 Å². The van der Waals surface area contributed by atoms with Gasteiger partial charge in [-0.2, -0.15) is 5.26 Å². The molecular formula is C12H18N4O. The summed E-state index contributed by atoms with van der Waals surface area (Å²) < 4.78 is 7.23. The first-order valence-electron chi connectivity index (χ1n) is 6.21. The van der Waals surface area contributed by atoms with Crippen molar-refractivity contribution in [3.05, 3.63) is 11.4 Å². The van der Waals surface area contributed by atoms with E-state index in [0.29, 0.717) is 13.0 Å². The fraction of sp³-hybridized carbons (Fsp3) is 0.750. The summed E-state index contributed by atoms with van der Waals surface area (Å²) in [5.74, 6) is 0.775. The van der Waals surface area contributed by atoms with E-state index in [-0.39, 0.29) is 0 Å². The molecule has 0 bridgehead atoms. The number of aromatic nitrogens is 3. The topological polar surface area (TPSA) is 63.7 Å². The molecule has 0 aliphatic heterocycles. The van der Waals surface area contributed by atoms with Crippen LogP contribution in [-0.2, 0) is 24.1 Å². The lowest BCUT2D eigenvalue weighted by Crippen LogP contribution is -2.12. The van der Waals surface area contributed by atoms with E-state index < -0.39 is 0 Å². The van der Waals surface area contributed by atoms with Gasteiger partial charge < -0.3 is 4.74 Å². The van der Waals surface area contributed by atoms with Crippen LogP contribution in [0.5, 0.6) is 0 Å². The molecule has 92 valence electrons. The minimum Gasteiger partial charge on any atom is -0.380 e. The summed E-state index contributed by atoms with van der Waals surface area (Å²) in [5, 5.41) is 17.0. The van der Waals surface area contributed by atoms with Gasteiger partial charge in [0.15, 0.2) is 0 Å². The molecule has 0 unspecified atom stereocenters. The third-order valence-corrected chi connectivity index (χ3v) is 3.00. The standard InChI is InChI=1S/C12H18N4O/c1-2-17-8-7-16-12(9-10-3-4-10)11(5-6-13)14-15-16/h10H,2-5,7-9H2,1H3. The normalized spacial score (nSPS) is 14.8. The number of ether oxygens (including phenoxy) is 1. The van der Waals surface area contributed by atoms with Crippen LogP contribution in [0.15, 0.2) is 0 Å². The zero-order chi connectivity index (χ0) is 12.1. The van der Waals surface area contributed by atoms with Crippen LogP contribution in [0.1, 0.15) is 31.2 Å². The van der Waals surface area contributed by atoms with Crippen molar-refractivity contribution in [1.29, 1.82) is 5.26 Å². The van der Waals surface area contributed by atoms with Crippen LogP contribution in [0.2, 0.25) is 0 Å². The Morgan fingerprint density at radius 3 is 3.00 bits per heavy atom. The molecule has 1 saturated carbocycles. The average Bonchev–Trinajstić information content (AvgIpc) is 3.06. The summed E-state index contributed by atoms with van der Waals surface area (Å²) in [6.07, 6.45) is 3.96. The van der Waals surface area contributed by atoms with Gasteiger partial charge in [0.2, 0.25) is 0 Å². The molecule has 0 amide bonds. The molecule has 0 radical (unpaired) electrons. The molecule has 1 heterocycles. The molecule has 0 atom stereocenters. The van der Waals surface area contributed by atoms with Crippen molar-refractivity contribution in [2.45, 2.75) is 39.2 Å². The molecule has 1 aliphatic rings. The van der Waals surface area contributed by atoms with Gasteiger partial charge in [-0.05, 0) is 32.1 Å². The highest BCUT2D eigenvalue weighted by atomic mass is 16.5. The predicted octanol–water partition coefficient (Wildman–Crippen LogP) is 1.33. The van der Waals surface area contributed by atoms with Crippen molar-refractivity contribution >= 4 is 0 Å². The molecule has 1 aliphatic carbocycles. The second kappa shape index (κ2) is 5.78. The quantitative estimate of drug-likeness (QED) is 0.668. The fourth-order valence-corrected chi connectivity index (χ4v) is 1.87. The molecule has 17 heavy (non-hydrogen) atoms. The number of nitriles is 1. The monoisotopic (exact) mass is 234 g/mol. The summed E-state index contributed by atoms with van der Waals surface area (Å²) in [6, 6.07) is 2.15. The predicted molar refractivity (Wildman–Crippen MR) is 62.3 cm³/mol.